The summed E-state index contributed by atoms with van der Waals surface area (Å²) in [5.74, 6) is 0. The van der Waals surface area contributed by atoms with Crippen LogP contribution < -0.4 is 10.2 Å². The van der Waals surface area contributed by atoms with Crippen LogP contribution in [0.25, 0.3) is 0 Å². The lowest BCUT2D eigenvalue weighted by molar-refractivity contribution is 0.198. The van der Waals surface area contributed by atoms with Crippen molar-refractivity contribution in [3.05, 3.63) is 28.2 Å². The Kier molecular flexibility index (Phi) is 5.63. The maximum absolute atomic E-state index is 9.67. The highest BCUT2D eigenvalue weighted by atomic mass is 79.9. The zero-order valence-corrected chi connectivity index (χ0v) is 12.8. The molecule has 106 valence electrons. The zero-order valence-electron chi connectivity index (χ0n) is 11.2. The Hall–Kier alpha value is -0.620. The van der Waals surface area contributed by atoms with Crippen LogP contribution in [0.4, 0.5) is 5.69 Å². The number of β-amino-alcohol motifs (C(OH)–C–C–N with tert-alkyl or cyclic N) is 1. The maximum Gasteiger partial charge on any atom is 0.0731 e. The number of hydrogen-bond acceptors (Lipinski definition) is 4. The van der Waals surface area contributed by atoms with Gasteiger partial charge in [-0.3, -0.25) is 0 Å². The molecule has 4 nitrogen and oxygen atoms in total. The van der Waals surface area contributed by atoms with Crippen molar-refractivity contribution in [2.75, 3.05) is 38.3 Å². The van der Waals surface area contributed by atoms with Crippen molar-refractivity contribution in [3.63, 3.8) is 0 Å². The van der Waals surface area contributed by atoms with Crippen LogP contribution in [0.2, 0.25) is 0 Å². The van der Waals surface area contributed by atoms with E-state index in [1.165, 1.54) is 11.3 Å². The SMILES string of the molecule is COCCNCc1cc(Br)ccc1N1CCC(O)C1. The van der Waals surface area contributed by atoms with E-state index in [2.05, 4.69) is 44.3 Å². The number of methoxy groups -OCH3 is 1. The average Bonchev–Trinajstić information content (AvgIpc) is 2.81. The average molecular weight is 329 g/mol. The Labute approximate surface area is 122 Å². The molecule has 1 atom stereocenters. The summed E-state index contributed by atoms with van der Waals surface area (Å²) in [7, 11) is 1.71. The molecule has 0 aromatic heterocycles. The molecular formula is C14H21BrN2O2. The zero-order chi connectivity index (χ0) is 13.7. The fourth-order valence-electron chi connectivity index (χ4n) is 2.36. The van der Waals surface area contributed by atoms with Crippen LogP contribution in [0, 0.1) is 0 Å². The largest absolute Gasteiger partial charge is 0.391 e. The van der Waals surface area contributed by atoms with Crippen molar-refractivity contribution in [1.82, 2.24) is 5.32 Å². The third-order valence-electron chi connectivity index (χ3n) is 3.34. The smallest absolute Gasteiger partial charge is 0.0731 e. The number of ether oxygens (including phenoxy) is 1. The lowest BCUT2D eigenvalue weighted by Crippen LogP contribution is -2.25. The molecule has 0 bridgehead atoms. The summed E-state index contributed by atoms with van der Waals surface area (Å²) in [6, 6.07) is 6.31. The number of benzene rings is 1. The van der Waals surface area contributed by atoms with Gasteiger partial charge in [0.15, 0.2) is 0 Å². The molecule has 0 saturated carbocycles. The van der Waals surface area contributed by atoms with Gasteiger partial charge in [0.1, 0.15) is 0 Å². The summed E-state index contributed by atoms with van der Waals surface area (Å²) >= 11 is 3.52. The third-order valence-corrected chi connectivity index (χ3v) is 3.84. The van der Waals surface area contributed by atoms with E-state index in [1.54, 1.807) is 7.11 Å². The number of nitrogens with one attached hydrogen (secondary N) is 1. The first kappa shape index (κ1) is 14.8. The predicted molar refractivity (Wildman–Crippen MR) is 80.6 cm³/mol. The van der Waals surface area contributed by atoms with Gasteiger partial charge >= 0.3 is 0 Å². The van der Waals surface area contributed by atoms with Gasteiger partial charge in [0.2, 0.25) is 0 Å². The van der Waals surface area contributed by atoms with Crippen molar-refractivity contribution >= 4 is 21.6 Å². The molecule has 1 aliphatic rings. The summed E-state index contributed by atoms with van der Waals surface area (Å²) in [4.78, 5) is 2.25. The standard InChI is InChI=1S/C14H21BrN2O2/c1-19-7-5-16-9-11-8-12(15)2-3-14(11)17-6-4-13(18)10-17/h2-3,8,13,16,18H,4-7,9-10H2,1H3. The first-order chi connectivity index (χ1) is 9.20. The molecule has 0 radical (unpaired) electrons. The second kappa shape index (κ2) is 7.24. The quantitative estimate of drug-likeness (QED) is 0.781. The van der Waals surface area contributed by atoms with E-state index < -0.39 is 0 Å². The molecule has 19 heavy (non-hydrogen) atoms. The van der Waals surface area contributed by atoms with E-state index in [1.807, 2.05) is 0 Å². The fourth-order valence-corrected chi connectivity index (χ4v) is 2.77. The van der Waals surface area contributed by atoms with Crippen LogP contribution in [-0.2, 0) is 11.3 Å². The molecule has 1 aliphatic heterocycles. The minimum absolute atomic E-state index is 0.196. The van der Waals surface area contributed by atoms with E-state index in [0.29, 0.717) is 6.61 Å². The fraction of sp³-hybridized carbons (Fsp3) is 0.571. The molecule has 1 fully saturated rings. The summed E-state index contributed by atoms with van der Waals surface area (Å²) in [6.45, 7) is 4.02. The Balaban J connectivity index is 2.04. The Morgan fingerprint density at radius 1 is 1.53 bits per heavy atom. The Morgan fingerprint density at radius 2 is 2.37 bits per heavy atom. The topological polar surface area (TPSA) is 44.7 Å². The number of nitrogens with zero attached hydrogens (tertiary/aromatic N) is 1. The van der Waals surface area contributed by atoms with Gasteiger partial charge in [0.25, 0.3) is 0 Å². The molecular weight excluding hydrogens is 308 g/mol. The number of rotatable bonds is 6. The second-order valence-corrected chi connectivity index (χ2v) is 5.75. The van der Waals surface area contributed by atoms with Crippen molar-refractivity contribution in [2.45, 2.75) is 19.1 Å². The van der Waals surface area contributed by atoms with Crippen LogP contribution in [0.5, 0.6) is 0 Å². The van der Waals surface area contributed by atoms with E-state index >= 15 is 0 Å². The molecule has 1 unspecified atom stereocenters. The van der Waals surface area contributed by atoms with Gasteiger partial charge in [-0.15, -0.1) is 0 Å². The van der Waals surface area contributed by atoms with E-state index in [0.717, 1.165) is 37.1 Å². The van der Waals surface area contributed by atoms with Crippen molar-refractivity contribution < 1.29 is 9.84 Å². The summed E-state index contributed by atoms with van der Waals surface area (Å²) in [5, 5.41) is 13.0. The maximum atomic E-state index is 9.67. The van der Waals surface area contributed by atoms with Crippen LogP contribution in [0.1, 0.15) is 12.0 Å². The Bertz CT molecular complexity index is 414. The van der Waals surface area contributed by atoms with Gasteiger partial charge in [-0.05, 0) is 30.2 Å². The van der Waals surface area contributed by atoms with Gasteiger partial charge in [0.05, 0.1) is 12.7 Å². The van der Waals surface area contributed by atoms with Gasteiger partial charge in [-0.2, -0.15) is 0 Å². The molecule has 2 N–H and O–H groups in total. The number of hydrogen-bond donors (Lipinski definition) is 2. The lowest BCUT2D eigenvalue weighted by atomic mass is 10.1. The van der Waals surface area contributed by atoms with Gasteiger partial charge < -0.3 is 20.1 Å². The van der Waals surface area contributed by atoms with E-state index in [9.17, 15) is 5.11 Å². The second-order valence-electron chi connectivity index (χ2n) is 4.83. The van der Waals surface area contributed by atoms with Crippen LogP contribution in [0.15, 0.2) is 22.7 Å². The molecule has 0 spiro atoms. The van der Waals surface area contributed by atoms with Crippen LogP contribution >= 0.6 is 15.9 Å². The summed E-state index contributed by atoms with van der Waals surface area (Å²) in [6.07, 6.45) is 0.657. The molecule has 0 amide bonds. The van der Waals surface area contributed by atoms with Crippen LogP contribution in [0.3, 0.4) is 0 Å². The molecule has 1 saturated heterocycles. The van der Waals surface area contributed by atoms with Crippen molar-refractivity contribution in [2.24, 2.45) is 0 Å². The molecule has 5 heteroatoms. The monoisotopic (exact) mass is 328 g/mol. The summed E-state index contributed by atoms with van der Waals surface area (Å²) < 4.78 is 6.12. The highest BCUT2D eigenvalue weighted by molar-refractivity contribution is 9.10. The minimum Gasteiger partial charge on any atom is -0.391 e. The molecule has 1 aromatic rings. The highest BCUT2D eigenvalue weighted by Crippen LogP contribution is 2.27. The minimum atomic E-state index is -0.196. The molecule has 2 rings (SSSR count). The number of aliphatic hydroxyl groups is 1. The van der Waals surface area contributed by atoms with Crippen molar-refractivity contribution in [1.29, 1.82) is 0 Å². The Morgan fingerprint density at radius 3 is 3.05 bits per heavy atom. The van der Waals surface area contributed by atoms with Crippen LogP contribution in [-0.4, -0.2) is 44.6 Å². The normalized spacial score (nSPS) is 19.1. The van der Waals surface area contributed by atoms with Gasteiger partial charge in [-0.25, -0.2) is 0 Å². The third kappa shape index (κ3) is 4.18. The number of anilines is 1. The predicted octanol–water partition coefficient (Wildman–Crippen LogP) is 1.76. The van der Waals surface area contributed by atoms with Gasteiger partial charge in [-0.1, -0.05) is 15.9 Å². The lowest BCUT2D eigenvalue weighted by Gasteiger charge is -2.22. The van der Waals surface area contributed by atoms with Crippen molar-refractivity contribution in [3.8, 4) is 0 Å². The number of halogens is 1. The van der Waals surface area contributed by atoms with E-state index in [-0.39, 0.29) is 6.10 Å². The highest BCUT2D eigenvalue weighted by Gasteiger charge is 2.22. The summed E-state index contributed by atoms with van der Waals surface area (Å²) in [5.41, 5.74) is 2.46. The first-order valence-electron chi connectivity index (χ1n) is 6.62. The molecule has 0 aliphatic carbocycles. The first-order valence-corrected chi connectivity index (χ1v) is 7.41. The van der Waals surface area contributed by atoms with E-state index in [4.69, 9.17) is 4.74 Å². The molecule has 1 aromatic carbocycles. The van der Waals surface area contributed by atoms with Gasteiger partial charge in [0, 0.05) is 43.4 Å². The number of aliphatic hydroxyl groups excluding tert-OH is 1. The molecule has 1 heterocycles.